The average molecular weight is 209 g/mol. The van der Waals surface area contributed by atoms with E-state index in [0.29, 0.717) is 0 Å². The first-order valence-corrected chi connectivity index (χ1v) is 3.83. The molecular weight excluding hydrogens is 203 g/mol. The van der Waals surface area contributed by atoms with Crippen LogP contribution in [-0.4, -0.2) is 15.3 Å². The number of phenolic OH excluding ortho intramolecular Hbond substituents is 2. The molecule has 0 aliphatic rings. The summed E-state index contributed by atoms with van der Waals surface area (Å²) >= 11 is 11.1. The van der Waals surface area contributed by atoms with Crippen molar-refractivity contribution < 1.29 is 15.3 Å². The molecule has 0 amide bonds. The minimum atomic E-state index is -0.431. The minimum absolute atomic E-state index is 0.0414. The highest BCUT2D eigenvalue weighted by molar-refractivity contribution is 6.37. The van der Waals surface area contributed by atoms with Gasteiger partial charge in [0.25, 0.3) is 0 Å². The van der Waals surface area contributed by atoms with Crippen LogP contribution in [0.4, 0.5) is 0 Å². The number of hydrogen-bond donors (Lipinski definition) is 3. The Labute approximate surface area is 78.8 Å². The van der Waals surface area contributed by atoms with Crippen molar-refractivity contribution in [3.8, 4) is 11.5 Å². The summed E-state index contributed by atoms with van der Waals surface area (Å²) in [6.45, 7) is -0.431. The second-order valence-electron chi connectivity index (χ2n) is 2.18. The fraction of sp³-hybridized carbons (Fsp3) is 0.143. The molecule has 0 bridgehead atoms. The van der Waals surface area contributed by atoms with Gasteiger partial charge in [-0.25, -0.2) is 0 Å². The molecule has 0 saturated heterocycles. The zero-order valence-corrected chi connectivity index (χ0v) is 7.39. The highest BCUT2D eigenvalue weighted by Gasteiger charge is 2.13. The summed E-state index contributed by atoms with van der Waals surface area (Å²) in [5, 5.41) is 26.8. The summed E-state index contributed by atoms with van der Waals surface area (Å²) in [5.74, 6) is -0.606. The maximum atomic E-state index is 9.07. The average Bonchev–Trinajstić information content (AvgIpc) is 2.02. The van der Waals surface area contributed by atoms with Crippen LogP contribution in [0, 0.1) is 0 Å². The molecule has 1 rings (SSSR count). The SMILES string of the molecule is OCc1c(Cl)c(O)cc(O)c1Cl. The number of benzene rings is 1. The Morgan fingerprint density at radius 1 is 1.08 bits per heavy atom. The van der Waals surface area contributed by atoms with Gasteiger partial charge in [0.05, 0.1) is 16.7 Å². The van der Waals surface area contributed by atoms with E-state index in [9.17, 15) is 0 Å². The number of phenols is 2. The molecule has 12 heavy (non-hydrogen) atoms. The van der Waals surface area contributed by atoms with Gasteiger partial charge in [-0.2, -0.15) is 0 Å². The van der Waals surface area contributed by atoms with E-state index in [1.807, 2.05) is 0 Å². The van der Waals surface area contributed by atoms with Crippen molar-refractivity contribution in [2.75, 3.05) is 0 Å². The van der Waals surface area contributed by atoms with Gasteiger partial charge in [-0.15, -0.1) is 0 Å². The van der Waals surface area contributed by atoms with E-state index >= 15 is 0 Å². The summed E-state index contributed by atoms with van der Waals surface area (Å²) < 4.78 is 0. The van der Waals surface area contributed by atoms with Gasteiger partial charge >= 0.3 is 0 Å². The summed E-state index contributed by atoms with van der Waals surface area (Å²) in [5.41, 5.74) is 0.121. The van der Waals surface area contributed by atoms with Crippen LogP contribution in [0.15, 0.2) is 6.07 Å². The van der Waals surface area contributed by atoms with Crippen molar-refractivity contribution in [3.05, 3.63) is 21.7 Å². The Kier molecular flexibility index (Phi) is 2.67. The molecule has 3 nitrogen and oxygen atoms in total. The van der Waals surface area contributed by atoms with E-state index in [1.54, 1.807) is 0 Å². The van der Waals surface area contributed by atoms with E-state index in [1.165, 1.54) is 0 Å². The summed E-state index contributed by atoms with van der Waals surface area (Å²) in [7, 11) is 0. The van der Waals surface area contributed by atoms with Crippen LogP contribution in [-0.2, 0) is 6.61 Å². The Morgan fingerprint density at radius 3 is 1.83 bits per heavy atom. The molecule has 0 spiro atoms. The molecular formula is C7H6Cl2O3. The Bertz CT molecular complexity index is 286. The zero-order valence-electron chi connectivity index (χ0n) is 5.88. The summed E-state index contributed by atoms with van der Waals surface area (Å²) in [6.07, 6.45) is 0. The van der Waals surface area contributed by atoms with Gasteiger partial charge in [0, 0.05) is 11.6 Å². The first kappa shape index (κ1) is 9.45. The topological polar surface area (TPSA) is 60.7 Å². The van der Waals surface area contributed by atoms with Crippen LogP contribution in [0.25, 0.3) is 0 Å². The number of rotatable bonds is 1. The lowest BCUT2D eigenvalue weighted by molar-refractivity contribution is 0.280. The van der Waals surface area contributed by atoms with E-state index in [-0.39, 0.29) is 27.1 Å². The maximum absolute atomic E-state index is 9.07. The first-order chi connectivity index (χ1) is 5.57. The lowest BCUT2D eigenvalue weighted by Gasteiger charge is -2.06. The molecule has 0 aliphatic carbocycles. The highest BCUT2D eigenvalue weighted by atomic mass is 35.5. The second-order valence-corrected chi connectivity index (χ2v) is 2.94. The Hall–Kier alpha value is -0.640. The predicted octanol–water partition coefficient (Wildman–Crippen LogP) is 1.90. The monoisotopic (exact) mass is 208 g/mol. The fourth-order valence-electron chi connectivity index (χ4n) is 0.801. The molecule has 1 aromatic carbocycles. The van der Waals surface area contributed by atoms with Gasteiger partial charge in [-0.3, -0.25) is 0 Å². The number of halogens is 2. The van der Waals surface area contributed by atoms with E-state index < -0.39 is 6.61 Å². The predicted molar refractivity (Wildman–Crippen MR) is 45.7 cm³/mol. The molecule has 0 aromatic heterocycles. The number of aliphatic hydroxyl groups excluding tert-OH is 1. The van der Waals surface area contributed by atoms with Crippen molar-refractivity contribution in [1.29, 1.82) is 0 Å². The molecule has 0 fully saturated rings. The lowest BCUT2D eigenvalue weighted by Crippen LogP contribution is -1.87. The van der Waals surface area contributed by atoms with Gasteiger partial charge in [-0.05, 0) is 0 Å². The van der Waals surface area contributed by atoms with Crippen molar-refractivity contribution >= 4 is 23.2 Å². The van der Waals surface area contributed by atoms with Crippen molar-refractivity contribution in [1.82, 2.24) is 0 Å². The maximum Gasteiger partial charge on any atom is 0.138 e. The second kappa shape index (κ2) is 3.39. The molecule has 0 radical (unpaired) electrons. The van der Waals surface area contributed by atoms with Crippen molar-refractivity contribution in [3.63, 3.8) is 0 Å². The Morgan fingerprint density at radius 2 is 1.50 bits per heavy atom. The molecule has 0 heterocycles. The van der Waals surface area contributed by atoms with Crippen LogP contribution in [0.1, 0.15) is 5.56 Å². The highest BCUT2D eigenvalue weighted by Crippen LogP contribution is 2.38. The lowest BCUT2D eigenvalue weighted by atomic mass is 10.2. The third kappa shape index (κ3) is 1.43. The number of aromatic hydroxyl groups is 2. The quantitative estimate of drug-likeness (QED) is 0.661. The zero-order chi connectivity index (χ0) is 9.30. The van der Waals surface area contributed by atoms with Gasteiger partial charge in [0.1, 0.15) is 11.5 Å². The van der Waals surface area contributed by atoms with E-state index in [4.69, 9.17) is 38.5 Å². The molecule has 0 atom stereocenters. The normalized spacial score (nSPS) is 10.2. The number of aliphatic hydroxyl groups is 1. The van der Waals surface area contributed by atoms with Crippen LogP contribution in [0.2, 0.25) is 10.0 Å². The molecule has 3 N–H and O–H groups in total. The minimum Gasteiger partial charge on any atom is -0.506 e. The Balaban J connectivity index is 3.42. The van der Waals surface area contributed by atoms with Crippen LogP contribution >= 0.6 is 23.2 Å². The van der Waals surface area contributed by atoms with Gasteiger partial charge in [0.15, 0.2) is 0 Å². The van der Waals surface area contributed by atoms with Gasteiger partial charge in [0.2, 0.25) is 0 Å². The molecule has 0 saturated carbocycles. The smallest absolute Gasteiger partial charge is 0.138 e. The third-order valence-corrected chi connectivity index (χ3v) is 2.25. The molecule has 0 aliphatic heterocycles. The van der Waals surface area contributed by atoms with Crippen LogP contribution in [0.3, 0.4) is 0 Å². The third-order valence-electron chi connectivity index (χ3n) is 1.41. The van der Waals surface area contributed by atoms with Gasteiger partial charge in [-0.1, -0.05) is 23.2 Å². The number of hydrogen-bond acceptors (Lipinski definition) is 3. The standard InChI is InChI=1S/C7H6Cl2O3/c8-6-3(2-10)7(9)5(12)1-4(6)11/h1,10-12H,2H2. The van der Waals surface area contributed by atoms with Crippen LogP contribution < -0.4 is 0 Å². The van der Waals surface area contributed by atoms with E-state index in [2.05, 4.69) is 0 Å². The summed E-state index contributed by atoms with van der Waals surface area (Å²) in [4.78, 5) is 0. The van der Waals surface area contributed by atoms with Crippen molar-refractivity contribution in [2.24, 2.45) is 0 Å². The van der Waals surface area contributed by atoms with E-state index in [0.717, 1.165) is 6.07 Å². The summed E-state index contributed by atoms with van der Waals surface area (Å²) in [6, 6.07) is 1.02. The first-order valence-electron chi connectivity index (χ1n) is 3.07. The van der Waals surface area contributed by atoms with Crippen molar-refractivity contribution in [2.45, 2.75) is 6.61 Å². The fourth-order valence-corrected chi connectivity index (χ4v) is 1.27. The molecule has 5 heteroatoms. The molecule has 1 aromatic rings. The largest absolute Gasteiger partial charge is 0.506 e. The van der Waals surface area contributed by atoms with Gasteiger partial charge < -0.3 is 15.3 Å². The molecule has 0 unspecified atom stereocenters. The van der Waals surface area contributed by atoms with Crippen LogP contribution in [0.5, 0.6) is 11.5 Å². The molecule has 66 valence electrons.